The number of thiophene rings is 1. The number of amides is 2. The van der Waals surface area contributed by atoms with E-state index in [0.29, 0.717) is 19.0 Å². The van der Waals surface area contributed by atoms with Crippen LogP contribution in [0.4, 0.5) is 0 Å². The normalized spacial score (nSPS) is 24.4. The van der Waals surface area contributed by atoms with E-state index in [1.54, 1.807) is 16.2 Å². The molecule has 21 heavy (non-hydrogen) atoms. The summed E-state index contributed by atoms with van der Waals surface area (Å²) in [6, 6.07) is 2.06. The van der Waals surface area contributed by atoms with Crippen molar-refractivity contribution in [3.05, 3.63) is 21.4 Å². The average Bonchev–Trinajstić information content (AvgIpc) is 2.84. The lowest BCUT2D eigenvalue weighted by atomic mass is 9.90. The number of nitrogens with zero attached hydrogens (tertiary/aromatic N) is 1. The van der Waals surface area contributed by atoms with Crippen LogP contribution in [-0.2, 0) is 17.6 Å². The molecule has 1 aromatic heterocycles. The minimum atomic E-state index is -0.771. The minimum absolute atomic E-state index is 0.00176. The Bertz CT molecular complexity index is 591. The van der Waals surface area contributed by atoms with Gasteiger partial charge in [0.05, 0.1) is 4.88 Å². The summed E-state index contributed by atoms with van der Waals surface area (Å²) >= 11 is 1.62. The Hall–Kier alpha value is -1.36. The number of rotatable bonds is 1. The van der Waals surface area contributed by atoms with Crippen LogP contribution in [0.3, 0.4) is 0 Å². The molecule has 1 saturated heterocycles. The lowest BCUT2D eigenvalue weighted by Gasteiger charge is -2.40. The maximum Gasteiger partial charge on any atom is 0.264 e. The molecule has 1 atom stereocenters. The Morgan fingerprint density at radius 2 is 2.24 bits per heavy atom. The predicted octanol–water partition coefficient (Wildman–Crippen LogP) is 2.22. The van der Waals surface area contributed by atoms with E-state index < -0.39 is 5.54 Å². The third kappa shape index (κ3) is 2.48. The predicted molar refractivity (Wildman–Crippen MR) is 83.6 cm³/mol. The van der Waals surface area contributed by atoms with Crippen molar-refractivity contribution in [1.29, 1.82) is 0 Å². The summed E-state index contributed by atoms with van der Waals surface area (Å²) in [5.41, 5.74) is 0.564. The van der Waals surface area contributed by atoms with E-state index in [1.165, 1.54) is 16.9 Å². The minimum Gasteiger partial charge on any atom is -0.352 e. The second-order valence-electron chi connectivity index (χ2n) is 6.68. The molecule has 1 aromatic rings. The molecule has 1 N–H and O–H groups in total. The van der Waals surface area contributed by atoms with Gasteiger partial charge in [-0.05, 0) is 50.7 Å². The monoisotopic (exact) mass is 306 g/mol. The van der Waals surface area contributed by atoms with Gasteiger partial charge in [-0.3, -0.25) is 9.59 Å². The van der Waals surface area contributed by atoms with Gasteiger partial charge >= 0.3 is 0 Å². The van der Waals surface area contributed by atoms with Crippen molar-refractivity contribution in [1.82, 2.24) is 10.2 Å². The molecule has 2 amide bonds. The number of nitrogens with one attached hydrogen (secondary N) is 1. The van der Waals surface area contributed by atoms with Crippen LogP contribution in [0.25, 0.3) is 0 Å². The molecule has 4 nitrogen and oxygen atoms in total. The van der Waals surface area contributed by atoms with E-state index in [9.17, 15) is 9.59 Å². The maximum atomic E-state index is 12.8. The Balaban J connectivity index is 1.87. The van der Waals surface area contributed by atoms with Crippen molar-refractivity contribution in [2.45, 2.75) is 45.6 Å². The molecule has 5 heteroatoms. The third-order valence-corrected chi connectivity index (χ3v) is 5.86. The highest BCUT2D eigenvalue weighted by Gasteiger charge is 2.41. The zero-order valence-electron chi connectivity index (χ0n) is 12.9. The molecule has 0 saturated carbocycles. The molecular weight excluding hydrogens is 284 g/mol. The maximum absolute atomic E-state index is 12.8. The van der Waals surface area contributed by atoms with Gasteiger partial charge in [-0.25, -0.2) is 0 Å². The topological polar surface area (TPSA) is 49.4 Å². The lowest BCUT2D eigenvalue weighted by Crippen LogP contribution is -2.63. The fourth-order valence-corrected chi connectivity index (χ4v) is 4.36. The average molecular weight is 306 g/mol. The number of hydrogen-bond donors (Lipinski definition) is 1. The van der Waals surface area contributed by atoms with Gasteiger partial charge in [0.25, 0.3) is 5.91 Å². The van der Waals surface area contributed by atoms with Crippen molar-refractivity contribution >= 4 is 23.2 Å². The Morgan fingerprint density at radius 1 is 1.48 bits per heavy atom. The van der Waals surface area contributed by atoms with Crippen LogP contribution in [0, 0.1) is 5.92 Å². The molecule has 0 aromatic carbocycles. The first-order valence-electron chi connectivity index (χ1n) is 7.61. The zero-order valence-corrected chi connectivity index (χ0v) is 13.7. The van der Waals surface area contributed by atoms with Gasteiger partial charge in [0.15, 0.2) is 0 Å². The van der Waals surface area contributed by atoms with E-state index in [0.717, 1.165) is 17.7 Å². The van der Waals surface area contributed by atoms with Gasteiger partial charge in [-0.15, -0.1) is 11.3 Å². The number of fused-ring (bicyclic) bond motifs is 1. The van der Waals surface area contributed by atoms with Crippen LogP contribution in [0.15, 0.2) is 6.07 Å². The van der Waals surface area contributed by atoms with Crippen LogP contribution in [-0.4, -0.2) is 35.3 Å². The molecule has 0 bridgehead atoms. The van der Waals surface area contributed by atoms with Crippen molar-refractivity contribution < 1.29 is 9.59 Å². The summed E-state index contributed by atoms with van der Waals surface area (Å²) in [5.74, 6) is 0.631. The van der Waals surface area contributed by atoms with Gasteiger partial charge in [0.1, 0.15) is 5.54 Å². The molecule has 2 aliphatic rings. The number of carbonyl (C=O) groups excluding carboxylic acids is 2. The lowest BCUT2D eigenvalue weighted by molar-refractivity contribution is -0.133. The standard InChI is InChI=1S/C16H22N2O2S/c1-10-4-5-12-11(8-10)9-13(21-12)14(19)18-7-6-17-15(20)16(18,2)3/h9-10H,4-8H2,1-3H3,(H,17,20). The summed E-state index contributed by atoms with van der Waals surface area (Å²) in [5, 5.41) is 2.83. The van der Waals surface area contributed by atoms with Crippen molar-refractivity contribution in [2.24, 2.45) is 5.92 Å². The van der Waals surface area contributed by atoms with E-state index in [4.69, 9.17) is 0 Å². The van der Waals surface area contributed by atoms with Crippen LogP contribution >= 0.6 is 11.3 Å². The smallest absolute Gasteiger partial charge is 0.264 e. The molecule has 1 unspecified atom stereocenters. The highest BCUT2D eigenvalue weighted by Crippen LogP contribution is 2.33. The van der Waals surface area contributed by atoms with Crippen LogP contribution in [0.2, 0.25) is 0 Å². The first-order valence-corrected chi connectivity index (χ1v) is 8.43. The largest absolute Gasteiger partial charge is 0.352 e. The van der Waals surface area contributed by atoms with Gasteiger partial charge in [-0.1, -0.05) is 6.92 Å². The zero-order chi connectivity index (χ0) is 15.2. The summed E-state index contributed by atoms with van der Waals surface area (Å²) in [7, 11) is 0. The highest BCUT2D eigenvalue weighted by molar-refractivity contribution is 7.14. The Morgan fingerprint density at radius 3 is 3.00 bits per heavy atom. The van der Waals surface area contributed by atoms with E-state index in [1.807, 2.05) is 13.8 Å². The van der Waals surface area contributed by atoms with Crippen molar-refractivity contribution in [2.75, 3.05) is 13.1 Å². The van der Waals surface area contributed by atoms with Crippen molar-refractivity contribution in [3.63, 3.8) is 0 Å². The Labute approximate surface area is 129 Å². The molecule has 2 heterocycles. The number of carbonyl (C=O) groups is 2. The van der Waals surface area contributed by atoms with E-state index in [2.05, 4.69) is 18.3 Å². The quantitative estimate of drug-likeness (QED) is 0.865. The highest BCUT2D eigenvalue weighted by atomic mass is 32.1. The van der Waals surface area contributed by atoms with Gasteiger partial charge in [0.2, 0.25) is 5.91 Å². The van der Waals surface area contributed by atoms with E-state index >= 15 is 0 Å². The molecule has 114 valence electrons. The fourth-order valence-electron chi connectivity index (χ4n) is 3.20. The first-order chi connectivity index (χ1) is 9.89. The van der Waals surface area contributed by atoms with Crippen LogP contribution < -0.4 is 5.32 Å². The molecule has 0 radical (unpaired) electrons. The summed E-state index contributed by atoms with van der Waals surface area (Å²) in [6.07, 6.45) is 3.36. The second kappa shape index (κ2) is 5.13. The molecular formula is C16H22N2O2S. The number of aryl methyl sites for hydroxylation is 1. The van der Waals surface area contributed by atoms with Crippen LogP contribution in [0.1, 0.15) is 47.3 Å². The number of hydrogen-bond acceptors (Lipinski definition) is 3. The van der Waals surface area contributed by atoms with Crippen LogP contribution in [0.5, 0.6) is 0 Å². The SMILES string of the molecule is CC1CCc2sc(C(=O)N3CCNC(=O)C3(C)C)cc2C1. The molecule has 0 spiro atoms. The van der Waals surface area contributed by atoms with E-state index in [-0.39, 0.29) is 11.8 Å². The third-order valence-electron chi connectivity index (χ3n) is 4.64. The van der Waals surface area contributed by atoms with Gasteiger partial charge < -0.3 is 10.2 Å². The number of piperazine rings is 1. The second-order valence-corrected chi connectivity index (χ2v) is 7.82. The molecule has 1 aliphatic heterocycles. The Kier molecular flexibility index (Phi) is 3.56. The first kappa shape index (κ1) is 14.6. The van der Waals surface area contributed by atoms with Gasteiger partial charge in [0, 0.05) is 18.0 Å². The molecule has 1 aliphatic carbocycles. The summed E-state index contributed by atoms with van der Waals surface area (Å²) in [4.78, 5) is 28.7. The molecule has 3 rings (SSSR count). The molecule has 1 fully saturated rings. The summed E-state index contributed by atoms with van der Waals surface area (Å²) < 4.78 is 0. The fraction of sp³-hybridized carbons (Fsp3) is 0.625. The van der Waals surface area contributed by atoms with Gasteiger partial charge in [-0.2, -0.15) is 0 Å². The van der Waals surface area contributed by atoms with Crippen molar-refractivity contribution in [3.8, 4) is 0 Å². The summed E-state index contributed by atoms with van der Waals surface area (Å²) in [6.45, 7) is 7.01.